The molecule has 6 heteroatoms. The van der Waals surface area contributed by atoms with Crippen molar-refractivity contribution in [1.29, 1.82) is 0 Å². The maximum Gasteiger partial charge on any atom is 0.338 e. The van der Waals surface area contributed by atoms with E-state index < -0.39 is 5.97 Å². The van der Waals surface area contributed by atoms with E-state index in [1.807, 2.05) is 0 Å². The average Bonchev–Trinajstić information content (AvgIpc) is 1.94. The average molecular weight is 284 g/mol. The first-order valence-corrected chi connectivity index (χ1v) is 3.99. The summed E-state index contributed by atoms with van der Waals surface area (Å²) in [6.45, 7) is 0. The lowest BCUT2D eigenvalue weighted by Gasteiger charge is -1.95. The molecule has 0 spiro atoms. The third kappa shape index (κ3) is 2.00. The molecule has 1 rings (SSSR count). The highest BCUT2D eigenvalue weighted by Crippen LogP contribution is 2.11. The largest absolute Gasteiger partial charge is 0.478 e. The highest BCUT2D eigenvalue weighted by Gasteiger charge is 2.09. The number of nitrogens with zero attached hydrogens (tertiary/aromatic N) is 2. The molecule has 0 aromatic carbocycles. The first kappa shape index (κ1) is 8.66. The summed E-state index contributed by atoms with van der Waals surface area (Å²) in [6, 6.07) is 1.26. The minimum atomic E-state index is -1.05. The molecule has 58 valence electrons. The normalized spacial score (nSPS) is 9.64. The van der Waals surface area contributed by atoms with Crippen molar-refractivity contribution in [1.82, 2.24) is 10.2 Å². The quantitative estimate of drug-likeness (QED) is 0.793. The first-order chi connectivity index (χ1) is 5.11. The van der Waals surface area contributed by atoms with Gasteiger partial charge in [-0.1, -0.05) is 11.6 Å². The highest BCUT2D eigenvalue weighted by molar-refractivity contribution is 14.1. The SMILES string of the molecule is O=C(O)c1cc(Cl)nnc1I. The number of hydrogen-bond acceptors (Lipinski definition) is 3. The Morgan fingerprint density at radius 2 is 2.27 bits per heavy atom. The van der Waals surface area contributed by atoms with Gasteiger partial charge in [-0.05, 0) is 28.7 Å². The van der Waals surface area contributed by atoms with Crippen LogP contribution in [-0.2, 0) is 0 Å². The molecule has 0 amide bonds. The van der Waals surface area contributed by atoms with Gasteiger partial charge in [0.2, 0.25) is 0 Å². The highest BCUT2D eigenvalue weighted by atomic mass is 127. The van der Waals surface area contributed by atoms with Crippen molar-refractivity contribution in [3.63, 3.8) is 0 Å². The van der Waals surface area contributed by atoms with E-state index in [1.165, 1.54) is 6.07 Å². The van der Waals surface area contributed by atoms with Gasteiger partial charge in [0.15, 0.2) is 5.15 Å². The number of rotatable bonds is 1. The number of carboxylic acid groups (broad SMARTS) is 1. The second-order valence-electron chi connectivity index (χ2n) is 1.68. The summed E-state index contributed by atoms with van der Waals surface area (Å²) in [5, 5.41) is 15.6. The Balaban J connectivity index is 3.23. The second kappa shape index (κ2) is 3.31. The van der Waals surface area contributed by atoms with Gasteiger partial charge in [-0.3, -0.25) is 0 Å². The van der Waals surface area contributed by atoms with Gasteiger partial charge in [-0.15, -0.1) is 10.2 Å². The van der Waals surface area contributed by atoms with Gasteiger partial charge in [0.05, 0.1) is 5.56 Å². The van der Waals surface area contributed by atoms with Crippen LogP contribution >= 0.6 is 34.2 Å². The van der Waals surface area contributed by atoms with Crippen LogP contribution in [0.5, 0.6) is 0 Å². The fourth-order valence-corrected chi connectivity index (χ4v) is 1.14. The Labute approximate surface area is 80.7 Å². The van der Waals surface area contributed by atoms with E-state index in [4.69, 9.17) is 16.7 Å². The molecule has 0 unspecified atom stereocenters. The lowest BCUT2D eigenvalue weighted by atomic mass is 10.3. The van der Waals surface area contributed by atoms with Gasteiger partial charge >= 0.3 is 5.97 Å². The third-order valence-corrected chi connectivity index (χ3v) is 1.93. The molecular weight excluding hydrogens is 282 g/mol. The molecule has 1 heterocycles. The molecule has 0 radical (unpaired) electrons. The number of carbonyl (C=O) groups is 1. The summed E-state index contributed by atoms with van der Waals surface area (Å²) < 4.78 is 0.333. The van der Waals surface area contributed by atoms with Gasteiger partial charge in [0.25, 0.3) is 0 Å². The van der Waals surface area contributed by atoms with Crippen molar-refractivity contribution in [2.24, 2.45) is 0 Å². The molecule has 0 aliphatic rings. The lowest BCUT2D eigenvalue weighted by molar-refractivity contribution is 0.0695. The number of carboxylic acids is 1. The van der Waals surface area contributed by atoms with E-state index in [9.17, 15) is 4.79 Å². The van der Waals surface area contributed by atoms with E-state index in [2.05, 4.69) is 10.2 Å². The molecule has 4 nitrogen and oxygen atoms in total. The molecule has 0 atom stereocenters. The molecule has 0 bridgehead atoms. The van der Waals surface area contributed by atoms with Gasteiger partial charge in [-0.25, -0.2) is 4.79 Å². The van der Waals surface area contributed by atoms with E-state index in [0.717, 1.165) is 0 Å². The molecule has 0 saturated carbocycles. The number of halogens is 2. The zero-order valence-electron chi connectivity index (χ0n) is 5.08. The van der Waals surface area contributed by atoms with Crippen molar-refractivity contribution in [3.05, 3.63) is 20.5 Å². The van der Waals surface area contributed by atoms with Crippen molar-refractivity contribution >= 4 is 40.2 Å². The van der Waals surface area contributed by atoms with Crippen LogP contribution < -0.4 is 0 Å². The van der Waals surface area contributed by atoms with Crippen LogP contribution in [0.2, 0.25) is 5.15 Å². The minimum absolute atomic E-state index is 0.0746. The first-order valence-electron chi connectivity index (χ1n) is 2.53. The molecule has 1 aromatic rings. The molecular formula is C5H2ClIN2O2. The van der Waals surface area contributed by atoms with Crippen LogP contribution in [0, 0.1) is 3.70 Å². The molecule has 0 saturated heterocycles. The number of hydrogen-bond donors (Lipinski definition) is 1. The van der Waals surface area contributed by atoms with Gasteiger partial charge in [-0.2, -0.15) is 0 Å². The van der Waals surface area contributed by atoms with Crippen molar-refractivity contribution in [3.8, 4) is 0 Å². The summed E-state index contributed by atoms with van der Waals surface area (Å²) in [5.41, 5.74) is 0.0746. The summed E-state index contributed by atoms with van der Waals surface area (Å²) >= 11 is 7.20. The zero-order chi connectivity index (χ0) is 8.43. The van der Waals surface area contributed by atoms with Crippen LogP contribution in [0.4, 0.5) is 0 Å². The second-order valence-corrected chi connectivity index (χ2v) is 3.09. The van der Waals surface area contributed by atoms with Crippen molar-refractivity contribution < 1.29 is 9.90 Å². The molecule has 1 aromatic heterocycles. The summed E-state index contributed by atoms with van der Waals surface area (Å²) in [6.07, 6.45) is 0. The Morgan fingerprint density at radius 3 is 2.73 bits per heavy atom. The van der Waals surface area contributed by atoms with E-state index in [0.29, 0.717) is 3.70 Å². The Bertz CT molecular complexity index is 305. The van der Waals surface area contributed by atoms with E-state index in [1.54, 1.807) is 22.6 Å². The molecule has 0 aliphatic heterocycles. The Hall–Kier alpha value is -0.430. The smallest absolute Gasteiger partial charge is 0.338 e. The Kier molecular flexibility index (Phi) is 2.61. The predicted molar refractivity (Wildman–Crippen MR) is 46.7 cm³/mol. The van der Waals surface area contributed by atoms with Crippen LogP contribution in [0.25, 0.3) is 0 Å². The maximum absolute atomic E-state index is 10.4. The van der Waals surface area contributed by atoms with Gasteiger partial charge < -0.3 is 5.11 Å². The number of aromatic nitrogens is 2. The standard InChI is InChI=1S/C5H2ClIN2O2/c6-3-1-2(5(10)11)4(7)9-8-3/h1H,(H,10,11). The van der Waals surface area contributed by atoms with Crippen molar-refractivity contribution in [2.75, 3.05) is 0 Å². The van der Waals surface area contributed by atoms with E-state index in [-0.39, 0.29) is 10.7 Å². The molecule has 1 N–H and O–H groups in total. The van der Waals surface area contributed by atoms with Crippen molar-refractivity contribution in [2.45, 2.75) is 0 Å². The van der Waals surface area contributed by atoms with Crippen LogP contribution in [0.15, 0.2) is 6.07 Å². The van der Waals surface area contributed by atoms with Crippen LogP contribution in [-0.4, -0.2) is 21.3 Å². The summed E-state index contributed by atoms with van der Waals surface area (Å²) in [4.78, 5) is 10.4. The maximum atomic E-state index is 10.4. The zero-order valence-corrected chi connectivity index (χ0v) is 8.00. The van der Waals surface area contributed by atoms with Crippen LogP contribution in [0.1, 0.15) is 10.4 Å². The number of aromatic carboxylic acids is 1. The fourth-order valence-electron chi connectivity index (χ4n) is 0.503. The fraction of sp³-hybridized carbons (Fsp3) is 0. The molecule has 11 heavy (non-hydrogen) atoms. The third-order valence-electron chi connectivity index (χ3n) is 0.949. The topological polar surface area (TPSA) is 63.1 Å². The summed E-state index contributed by atoms with van der Waals surface area (Å²) in [7, 11) is 0. The predicted octanol–water partition coefficient (Wildman–Crippen LogP) is 1.43. The van der Waals surface area contributed by atoms with Gasteiger partial charge in [0.1, 0.15) is 3.70 Å². The lowest BCUT2D eigenvalue weighted by Crippen LogP contribution is -2.02. The summed E-state index contributed by atoms with van der Waals surface area (Å²) in [5.74, 6) is -1.05. The minimum Gasteiger partial charge on any atom is -0.478 e. The monoisotopic (exact) mass is 284 g/mol. The molecule has 0 aliphatic carbocycles. The molecule has 0 fully saturated rings. The Morgan fingerprint density at radius 1 is 1.64 bits per heavy atom. The van der Waals surface area contributed by atoms with E-state index >= 15 is 0 Å². The van der Waals surface area contributed by atoms with Gasteiger partial charge in [0, 0.05) is 0 Å². The van der Waals surface area contributed by atoms with Crippen LogP contribution in [0.3, 0.4) is 0 Å².